The largest absolute Gasteiger partial charge is 0.492 e. The van der Waals surface area contributed by atoms with Gasteiger partial charge < -0.3 is 10.1 Å². The third-order valence-electron chi connectivity index (χ3n) is 2.01. The van der Waals surface area contributed by atoms with Gasteiger partial charge in [0.2, 0.25) is 0 Å². The summed E-state index contributed by atoms with van der Waals surface area (Å²) in [5.74, 6) is 0.885. The lowest BCUT2D eigenvalue weighted by molar-refractivity contribution is 0.306. The first-order chi connectivity index (χ1) is 7.15. The number of rotatable bonds is 5. The van der Waals surface area contributed by atoms with Crippen molar-refractivity contribution < 1.29 is 4.74 Å². The highest BCUT2D eigenvalue weighted by Crippen LogP contribution is 2.32. The second-order valence-corrected chi connectivity index (χ2v) is 4.63. The van der Waals surface area contributed by atoms with Crippen molar-refractivity contribution in [2.24, 2.45) is 0 Å². The van der Waals surface area contributed by atoms with Crippen LogP contribution in [0.1, 0.15) is 12.0 Å². The van der Waals surface area contributed by atoms with Crippen molar-refractivity contribution in [3.05, 3.63) is 27.2 Å². The van der Waals surface area contributed by atoms with Gasteiger partial charge in [-0.2, -0.15) is 0 Å². The molecule has 0 amide bonds. The molecule has 0 aliphatic rings. The maximum Gasteiger partial charge on any atom is 0.136 e. The molecule has 0 aromatic heterocycles. The van der Waals surface area contributed by atoms with E-state index in [2.05, 4.69) is 21.2 Å². The minimum absolute atomic E-state index is 0.710. The molecule has 0 spiro atoms. The molecule has 0 heterocycles. The van der Waals surface area contributed by atoms with Gasteiger partial charge in [0.25, 0.3) is 0 Å². The fraction of sp³-hybridized carbons (Fsp3) is 0.455. The van der Waals surface area contributed by atoms with Crippen LogP contribution in [0.15, 0.2) is 16.6 Å². The number of aryl methyl sites for hydroxylation is 1. The van der Waals surface area contributed by atoms with E-state index in [4.69, 9.17) is 16.3 Å². The van der Waals surface area contributed by atoms with Crippen LogP contribution in [0.25, 0.3) is 0 Å². The van der Waals surface area contributed by atoms with Crippen LogP contribution in [-0.2, 0) is 0 Å². The van der Waals surface area contributed by atoms with E-state index in [1.807, 2.05) is 26.1 Å². The van der Waals surface area contributed by atoms with Gasteiger partial charge in [-0.3, -0.25) is 0 Å². The predicted octanol–water partition coefficient (Wildman–Crippen LogP) is 3.40. The summed E-state index contributed by atoms with van der Waals surface area (Å²) < 4.78 is 6.59. The second kappa shape index (κ2) is 6.36. The molecule has 84 valence electrons. The third kappa shape index (κ3) is 4.01. The number of ether oxygens (including phenoxy) is 1. The van der Waals surface area contributed by atoms with Crippen LogP contribution in [0.4, 0.5) is 0 Å². The highest BCUT2D eigenvalue weighted by atomic mass is 79.9. The third-order valence-corrected chi connectivity index (χ3v) is 2.82. The molecule has 1 aromatic carbocycles. The van der Waals surface area contributed by atoms with Gasteiger partial charge in [0, 0.05) is 5.02 Å². The van der Waals surface area contributed by atoms with Crippen molar-refractivity contribution in [1.29, 1.82) is 0 Å². The molecule has 1 N–H and O–H groups in total. The Bertz CT molecular complexity index is 307. The molecule has 1 rings (SSSR count). The van der Waals surface area contributed by atoms with Crippen molar-refractivity contribution >= 4 is 27.5 Å². The zero-order valence-electron chi connectivity index (χ0n) is 8.94. The lowest BCUT2D eigenvalue weighted by Crippen LogP contribution is -2.11. The fourth-order valence-corrected chi connectivity index (χ4v) is 2.37. The minimum Gasteiger partial charge on any atom is -0.492 e. The van der Waals surface area contributed by atoms with E-state index in [-0.39, 0.29) is 0 Å². The van der Waals surface area contributed by atoms with E-state index in [1.165, 1.54) is 0 Å². The minimum atomic E-state index is 0.710. The Hall–Kier alpha value is -0.250. The molecule has 2 nitrogen and oxygen atoms in total. The molecule has 4 heteroatoms. The summed E-state index contributed by atoms with van der Waals surface area (Å²) >= 11 is 9.35. The smallest absolute Gasteiger partial charge is 0.136 e. The lowest BCUT2D eigenvalue weighted by atomic mass is 10.2. The van der Waals surface area contributed by atoms with Gasteiger partial charge in [-0.15, -0.1) is 0 Å². The van der Waals surface area contributed by atoms with Gasteiger partial charge in [0.15, 0.2) is 0 Å². The summed E-state index contributed by atoms with van der Waals surface area (Å²) in [6.07, 6.45) is 0.991. The first-order valence-electron chi connectivity index (χ1n) is 4.88. The van der Waals surface area contributed by atoms with E-state index >= 15 is 0 Å². The predicted molar refractivity (Wildman–Crippen MR) is 67.9 cm³/mol. The van der Waals surface area contributed by atoms with Crippen molar-refractivity contribution in [1.82, 2.24) is 5.32 Å². The van der Waals surface area contributed by atoms with Gasteiger partial charge in [0.1, 0.15) is 5.75 Å². The molecule has 0 aliphatic heterocycles. The number of hydrogen-bond donors (Lipinski definition) is 1. The molecule has 0 saturated carbocycles. The standard InChI is InChI=1S/C11H15BrClNO/c1-8-6-9(13)7-10(12)11(8)15-5-3-4-14-2/h6-7,14H,3-5H2,1-2H3. The highest BCUT2D eigenvalue weighted by molar-refractivity contribution is 9.10. The van der Waals surface area contributed by atoms with E-state index in [9.17, 15) is 0 Å². The fourth-order valence-electron chi connectivity index (χ4n) is 1.29. The van der Waals surface area contributed by atoms with Crippen molar-refractivity contribution in [2.45, 2.75) is 13.3 Å². The zero-order valence-corrected chi connectivity index (χ0v) is 11.3. The average Bonchev–Trinajstić information content (AvgIpc) is 2.15. The van der Waals surface area contributed by atoms with Gasteiger partial charge >= 0.3 is 0 Å². The topological polar surface area (TPSA) is 21.3 Å². The monoisotopic (exact) mass is 291 g/mol. The SMILES string of the molecule is CNCCCOc1c(C)cc(Cl)cc1Br. The molecule has 0 fully saturated rings. The number of halogens is 2. The van der Waals surface area contributed by atoms with E-state index in [1.54, 1.807) is 0 Å². The van der Waals surface area contributed by atoms with E-state index in [0.29, 0.717) is 6.61 Å². The summed E-state index contributed by atoms with van der Waals surface area (Å²) in [4.78, 5) is 0. The van der Waals surface area contributed by atoms with Crippen LogP contribution < -0.4 is 10.1 Å². The molecule has 15 heavy (non-hydrogen) atoms. The summed E-state index contributed by atoms with van der Waals surface area (Å²) in [5, 5.41) is 3.80. The van der Waals surface area contributed by atoms with Crippen LogP contribution >= 0.6 is 27.5 Å². The molecule has 0 aliphatic carbocycles. The molecule has 0 saturated heterocycles. The molecule has 0 unspecified atom stereocenters. The normalized spacial score (nSPS) is 10.4. The zero-order chi connectivity index (χ0) is 11.3. The molecule has 0 radical (unpaired) electrons. The molecule has 0 atom stereocenters. The number of benzene rings is 1. The van der Waals surface area contributed by atoms with Crippen LogP contribution in [-0.4, -0.2) is 20.2 Å². The molecule has 1 aromatic rings. The maximum atomic E-state index is 5.91. The van der Waals surface area contributed by atoms with E-state index < -0.39 is 0 Å². The Morgan fingerprint density at radius 2 is 2.20 bits per heavy atom. The summed E-state index contributed by atoms with van der Waals surface area (Å²) in [5.41, 5.74) is 1.05. The molecule has 0 bridgehead atoms. The summed E-state index contributed by atoms with van der Waals surface area (Å²) in [7, 11) is 1.93. The molecular weight excluding hydrogens is 277 g/mol. The highest BCUT2D eigenvalue weighted by Gasteiger charge is 2.06. The van der Waals surface area contributed by atoms with Gasteiger partial charge in [-0.05, 0) is 60.6 Å². The first-order valence-corrected chi connectivity index (χ1v) is 6.05. The Labute approximate surface area is 104 Å². The van der Waals surface area contributed by atoms with Crippen LogP contribution in [0.5, 0.6) is 5.75 Å². The lowest BCUT2D eigenvalue weighted by Gasteiger charge is -2.11. The Balaban J connectivity index is 2.60. The van der Waals surface area contributed by atoms with Crippen molar-refractivity contribution in [2.75, 3.05) is 20.2 Å². The van der Waals surface area contributed by atoms with Crippen LogP contribution in [0.2, 0.25) is 5.02 Å². The van der Waals surface area contributed by atoms with Gasteiger partial charge in [0.05, 0.1) is 11.1 Å². The number of nitrogens with one attached hydrogen (secondary N) is 1. The average molecular weight is 293 g/mol. The first kappa shape index (κ1) is 12.8. The molecular formula is C11H15BrClNO. The van der Waals surface area contributed by atoms with Crippen molar-refractivity contribution in [3.63, 3.8) is 0 Å². The number of hydrogen-bond acceptors (Lipinski definition) is 2. The van der Waals surface area contributed by atoms with Crippen LogP contribution in [0.3, 0.4) is 0 Å². The quantitative estimate of drug-likeness (QED) is 0.840. The van der Waals surface area contributed by atoms with Gasteiger partial charge in [-0.25, -0.2) is 0 Å². The summed E-state index contributed by atoms with van der Waals surface area (Å²) in [6.45, 7) is 3.66. The van der Waals surface area contributed by atoms with E-state index in [0.717, 1.165) is 33.8 Å². The maximum absolute atomic E-state index is 5.91. The Morgan fingerprint density at radius 3 is 2.80 bits per heavy atom. The Morgan fingerprint density at radius 1 is 1.47 bits per heavy atom. The van der Waals surface area contributed by atoms with Crippen molar-refractivity contribution in [3.8, 4) is 5.75 Å². The van der Waals surface area contributed by atoms with Crippen LogP contribution in [0, 0.1) is 6.92 Å². The Kier molecular flexibility index (Phi) is 5.43. The summed E-state index contributed by atoms with van der Waals surface area (Å²) in [6, 6.07) is 3.75. The van der Waals surface area contributed by atoms with Gasteiger partial charge in [-0.1, -0.05) is 11.6 Å². The second-order valence-electron chi connectivity index (χ2n) is 3.34.